The topological polar surface area (TPSA) is 72.4 Å². The third kappa shape index (κ3) is 3.12. The van der Waals surface area contributed by atoms with E-state index in [0.29, 0.717) is 24.4 Å². The summed E-state index contributed by atoms with van der Waals surface area (Å²) in [7, 11) is 0. The van der Waals surface area contributed by atoms with Gasteiger partial charge in [-0.05, 0) is 36.8 Å². The Morgan fingerprint density at radius 3 is 2.90 bits per heavy atom. The lowest BCUT2D eigenvalue weighted by molar-refractivity contribution is -0.385. The van der Waals surface area contributed by atoms with E-state index in [1.54, 1.807) is 6.07 Å². The molecule has 1 heterocycles. The molecule has 0 spiro atoms. The number of nitrogens with zero attached hydrogens (tertiary/aromatic N) is 2. The van der Waals surface area contributed by atoms with Crippen molar-refractivity contribution in [2.75, 3.05) is 13.1 Å². The summed E-state index contributed by atoms with van der Waals surface area (Å²) in [5, 5.41) is 11.2. The lowest BCUT2D eigenvalue weighted by Gasteiger charge is -2.29. The number of rotatable bonds is 3. The fourth-order valence-corrected chi connectivity index (χ4v) is 4.17. The lowest BCUT2D eigenvalue weighted by Crippen LogP contribution is -2.38. The van der Waals surface area contributed by atoms with Gasteiger partial charge in [0, 0.05) is 41.8 Å². The highest BCUT2D eigenvalue weighted by molar-refractivity contribution is 9.10. The molecule has 1 saturated carbocycles. The Hall–Kier alpha value is -0.980. The van der Waals surface area contributed by atoms with E-state index >= 15 is 0 Å². The molecule has 0 radical (unpaired) electrons. The van der Waals surface area contributed by atoms with Gasteiger partial charge in [-0.15, -0.1) is 0 Å². The zero-order chi connectivity index (χ0) is 15.0. The number of likely N-dealkylation sites (tertiary alicyclic amines) is 1. The Morgan fingerprint density at radius 2 is 2.19 bits per heavy atom. The number of hydrogen-bond acceptors (Lipinski definition) is 4. The van der Waals surface area contributed by atoms with Crippen molar-refractivity contribution in [2.24, 2.45) is 17.6 Å². The van der Waals surface area contributed by atoms with Gasteiger partial charge < -0.3 is 5.73 Å². The van der Waals surface area contributed by atoms with Crippen LogP contribution in [0.2, 0.25) is 0 Å². The molecule has 1 saturated heterocycles. The Morgan fingerprint density at radius 1 is 1.38 bits per heavy atom. The molecule has 2 fully saturated rings. The Labute approximate surface area is 132 Å². The first-order chi connectivity index (χ1) is 10.0. The van der Waals surface area contributed by atoms with E-state index in [0.717, 1.165) is 29.5 Å². The van der Waals surface area contributed by atoms with Crippen molar-refractivity contribution in [1.29, 1.82) is 0 Å². The molecule has 1 aromatic rings. The predicted octanol–water partition coefficient (Wildman–Crippen LogP) is 2.92. The Bertz CT molecular complexity index is 552. The average Bonchev–Trinajstić information content (AvgIpc) is 2.85. The van der Waals surface area contributed by atoms with E-state index in [2.05, 4.69) is 20.8 Å². The first kappa shape index (κ1) is 14.9. The smallest absolute Gasteiger partial charge is 0.275 e. The van der Waals surface area contributed by atoms with Crippen molar-refractivity contribution < 1.29 is 4.92 Å². The predicted molar refractivity (Wildman–Crippen MR) is 84.9 cm³/mol. The van der Waals surface area contributed by atoms with Crippen LogP contribution in [0.1, 0.15) is 24.8 Å². The molecular formula is C15H20BrN3O2. The molecule has 114 valence electrons. The maximum absolute atomic E-state index is 11.2. The fraction of sp³-hybridized carbons (Fsp3) is 0.600. The highest BCUT2D eigenvalue weighted by Gasteiger charge is 2.38. The third-order valence-electron chi connectivity index (χ3n) is 4.87. The minimum Gasteiger partial charge on any atom is -0.327 e. The van der Waals surface area contributed by atoms with Gasteiger partial charge in [0.1, 0.15) is 0 Å². The van der Waals surface area contributed by atoms with Crippen molar-refractivity contribution >= 4 is 21.6 Å². The number of nitro groups is 1. The number of benzene rings is 1. The number of nitrogens with two attached hydrogens (primary N) is 1. The van der Waals surface area contributed by atoms with Gasteiger partial charge in [0.2, 0.25) is 0 Å². The molecule has 3 unspecified atom stereocenters. The molecule has 3 atom stereocenters. The summed E-state index contributed by atoms with van der Waals surface area (Å²) in [6.45, 7) is 2.63. The molecule has 5 nitrogen and oxygen atoms in total. The van der Waals surface area contributed by atoms with E-state index in [1.807, 2.05) is 12.1 Å². The standard InChI is InChI=1S/C15H20BrN3O2/c16-12-5-4-11(15(6-12)19(20)21)8-18-7-10-2-1-3-14(17)13(10)9-18/h4-6,10,13-14H,1-3,7-9,17H2. The second-order valence-corrected chi connectivity index (χ2v) is 7.16. The van der Waals surface area contributed by atoms with Crippen molar-refractivity contribution in [3.05, 3.63) is 38.3 Å². The highest BCUT2D eigenvalue weighted by Crippen LogP contribution is 2.36. The van der Waals surface area contributed by atoms with Gasteiger partial charge in [-0.3, -0.25) is 15.0 Å². The van der Waals surface area contributed by atoms with Crippen LogP contribution in [0.15, 0.2) is 22.7 Å². The quantitative estimate of drug-likeness (QED) is 0.669. The molecule has 2 N–H and O–H groups in total. The van der Waals surface area contributed by atoms with Crippen LogP contribution >= 0.6 is 15.9 Å². The molecule has 1 aliphatic carbocycles. The zero-order valence-corrected chi connectivity index (χ0v) is 13.5. The van der Waals surface area contributed by atoms with Gasteiger partial charge in [-0.2, -0.15) is 0 Å². The minimum absolute atomic E-state index is 0.198. The maximum atomic E-state index is 11.2. The van der Waals surface area contributed by atoms with E-state index in [9.17, 15) is 10.1 Å². The van der Waals surface area contributed by atoms with Crippen LogP contribution in [0.3, 0.4) is 0 Å². The van der Waals surface area contributed by atoms with Crippen molar-refractivity contribution in [3.8, 4) is 0 Å². The lowest BCUT2D eigenvalue weighted by atomic mass is 9.78. The summed E-state index contributed by atoms with van der Waals surface area (Å²) in [5.41, 5.74) is 7.22. The number of hydrogen-bond donors (Lipinski definition) is 1. The molecule has 21 heavy (non-hydrogen) atoms. The maximum Gasteiger partial charge on any atom is 0.275 e. The molecule has 0 bridgehead atoms. The van der Waals surface area contributed by atoms with E-state index < -0.39 is 0 Å². The van der Waals surface area contributed by atoms with Gasteiger partial charge in [0.25, 0.3) is 5.69 Å². The van der Waals surface area contributed by atoms with Crippen LogP contribution in [0.4, 0.5) is 5.69 Å². The summed E-state index contributed by atoms with van der Waals surface area (Å²) >= 11 is 3.30. The average molecular weight is 354 g/mol. The van der Waals surface area contributed by atoms with Crippen LogP contribution < -0.4 is 5.73 Å². The normalized spacial score (nSPS) is 29.3. The minimum atomic E-state index is -0.297. The second-order valence-electron chi connectivity index (χ2n) is 6.24. The molecule has 1 aliphatic heterocycles. The summed E-state index contributed by atoms with van der Waals surface area (Å²) in [6, 6.07) is 5.61. The van der Waals surface area contributed by atoms with Crippen molar-refractivity contribution in [2.45, 2.75) is 31.8 Å². The summed E-state index contributed by atoms with van der Waals surface area (Å²) in [5.74, 6) is 1.23. The van der Waals surface area contributed by atoms with Crippen LogP contribution in [0, 0.1) is 22.0 Å². The van der Waals surface area contributed by atoms with Crippen LogP contribution in [0.5, 0.6) is 0 Å². The van der Waals surface area contributed by atoms with Gasteiger partial charge in [0.05, 0.1) is 4.92 Å². The van der Waals surface area contributed by atoms with E-state index in [1.165, 1.54) is 12.8 Å². The molecule has 6 heteroatoms. The van der Waals surface area contributed by atoms with Crippen molar-refractivity contribution in [3.63, 3.8) is 0 Å². The van der Waals surface area contributed by atoms with Gasteiger partial charge in [-0.1, -0.05) is 22.4 Å². The molecule has 1 aromatic carbocycles. The highest BCUT2D eigenvalue weighted by atomic mass is 79.9. The molecule has 0 aromatic heterocycles. The number of fused-ring (bicyclic) bond motifs is 1. The van der Waals surface area contributed by atoms with Crippen LogP contribution in [0.25, 0.3) is 0 Å². The van der Waals surface area contributed by atoms with Gasteiger partial charge >= 0.3 is 0 Å². The van der Waals surface area contributed by atoms with Crippen molar-refractivity contribution in [1.82, 2.24) is 4.90 Å². The monoisotopic (exact) mass is 353 g/mol. The van der Waals surface area contributed by atoms with Gasteiger partial charge in [0.15, 0.2) is 0 Å². The Kier molecular flexibility index (Phi) is 4.28. The number of nitro benzene ring substituents is 1. The molecule has 0 amide bonds. The molecule has 3 rings (SSSR count). The van der Waals surface area contributed by atoms with Gasteiger partial charge in [-0.25, -0.2) is 0 Å². The first-order valence-electron chi connectivity index (χ1n) is 7.45. The summed E-state index contributed by atoms with van der Waals surface area (Å²) in [4.78, 5) is 13.2. The zero-order valence-electron chi connectivity index (χ0n) is 11.9. The van der Waals surface area contributed by atoms with Crippen LogP contribution in [-0.2, 0) is 6.54 Å². The largest absolute Gasteiger partial charge is 0.327 e. The van der Waals surface area contributed by atoms with E-state index in [-0.39, 0.29) is 10.6 Å². The first-order valence-corrected chi connectivity index (χ1v) is 8.24. The van der Waals surface area contributed by atoms with E-state index in [4.69, 9.17) is 5.73 Å². The third-order valence-corrected chi connectivity index (χ3v) is 5.36. The SMILES string of the molecule is NC1CCCC2CN(Cc3ccc(Br)cc3[N+](=O)[O-])CC12. The molecule has 2 aliphatic rings. The summed E-state index contributed by atoms with van der Waals surface area (Å²) in [6.07, 6.45) is 3.58. The fourth-order valence-electron chi connectivity index (χ4n) is 3.82. The Balaban J connectivity index is 1.74. The van der Waals surface area contributed by atoms with Crippen LogP contribution in [-0.4, -0.2) is 29.0 Å². The molecular weight excluding hydrogens is 334 g/mol. The summed E-state index contributed by atoms with van der Waals surface area (Å²) < 4.78 is 0.745. The second kappa shape index (κ2) is 6.02. The number of halogens is 1.